The maximum atomic E-state index is 3.22. The van der Waals surface area contributed by atoms with Gasteiger partial charge in [-0.1, -0.05) is 31.6 Å². The smallest absolute Gasteiger partial charge is 0.169 e. The molecule has 3 aromatic rings. The number of hydrogen-bond donors (Lipinski definition) is 1. The van der Waals surface area contributed by atoms with Gasteiger partial charge in [-0.3, -0.25) is 0 Å². The number of nitrogens with zero attached hydrogens (tertiary/aromatic N) is 1. The highest BCUT2D eigenvalue weighted by atomic mass is 14.9. The van der Waals surface area contributed by atoms with Crippen molar-refractivity contribution in [2.24, 2.45) is 0 Å². The molecule has 0 fully saturated rings. The fourth-order valence-corrected chi connectivity index (χ4v) is 2.44. The SMILES string of the molecule is CCCC[n+]1ccc(/C=C/c2ccc3[nH]ccc3c2)cc1. The third-order valence-electron chi connectivity index (χ3n) is 3.73. The highest BCUT2D eigenvalue weighted by Gasteiger charge is 1.98. The van der Waals surface area contributed by atoms with Gasteiger partial charge in [0.15, 0.2) is 12.4 Å². The second kappa shape index (κ2) is 6.40. The van der Waals surface area contributed by atoms with E-state index in [1.807, 2.05) is 6.20 Å². The molecule has 0 radical (unpaired) electrons. The Hall–Kier alpha value is -2.35. The summed E-state index contributed by atoms with van der Waals surface area (Å²) in [6.45, 7) is 3.32. The van der Waals surface area contributed by atoms with E-state index in [1.54, 1.807) is 0 Å². The van der Waals surface area contributed by atoms with E-state index in [9.17, 15) is 0 Å². The van der Waals surface area contributed by atoms with E-state index in [0.717, 1.165) is 6.54 Å². The summed E-state index contributed by atoms with van der Waals surface area (Å²) in [4.78, 5) is 3.22. The average molecular weight is 277 g/mol. The van der Waals surface area contributed by atoms with Gasteiger partial charge in [0.1, 0.15) is 6.54 Å². The molecule has 0 aliphatic carbocycles. The number of rotatable bonds is 5. The van der Waals surface area contributed by atoms with E-state index in [4.69, 9.17) is 0 Å². The first kappa shape index (κ1) is 13.6. The zero-order valence-electron chi connectivity index (χ0n) is 12.4. The molecule has 0 aliphatic rings. The highest BCUT2D eigenvalue weighted by Crippen LogP contribution is 2.16. The van der Waals surface area contributed by atoms with Gasteiger partial charge >= 0.3 is 0 Å². The summed E-state index contributed by atoms with van der Waals surface area (Å²) in [6.07, 6.45) is 13.1. The quantitative estimate of drug-likeness (QED) is 0.666. The van der Waals surface area contributed by atoms with E-state index in [2.05, 4.69) is 77.4 Å². The molecular weight excluding hydrogens is 256 g/mol. The summed E-state index contributed by atoms with van der Waals surface area (Å²) in [5, 5.41) is 1.25. The third-order valence-corrected chi connectivity index (χ3v) is 3.73. The van der Waals surface area contributed by atoms with Gasteiger partial charge < -0.3 is 4.98 Å². The van der Waals surface area contributed by atoms with E-state index in [-0.39, 0.29) is 0 Å². The predicted octanol–water partition coefficient (Wildman–Crippen LogP) is 4.43. The number of pyridine rings is 1. The molecule has 0 unspecified atom stereocenters. The van der Waals surface area contributed by atoms with E-state index in [0.29, 0.717) is 0 Å². The Morgan fingerprint density at radius 1 is 1.00 bits per heavy atom. The molecule has 0 atom stereocenters. The monoisotopic (exact) mass is 277 g/mol. The number of fused-ring (bicyclic) bond motifs is 1. The number of aryl methyl sites for hydroxylation is 1. The first-order valence-electron chi connectivity index (χ1n) is 7.59. The summed E-state index contributed by atoms with van der Waals surface area (Å²) in [5.41, 5.74) is 3.64. The lowest BCUT2D eigenvalue weighted by Crippen LogP contribution is -2.32. The van der Waals surface area contributed by atoms with Crippen LogP contribution in [-0.4, -0.2) is 4.98 Å². The number of nitrogens with one attached hydrogen (secondary N) is 1. The molecule has 0 spiro atoms. The normalized spacial score (nSPS) is 11.5. The van der Waals surface area contributed by atoms with Crippen molar-refractivity contribution in [1.82, 2.24) is 4.98 Å². The van der Waals surface area contributed by atoms with Crippen LogP contribution in [0.1, 0.15) is 30.9 Å². The highest BCUT2D eigenvalue weighted by molar-refractivity contribution is 5.83. The Labute approximate surface area is 125 Å². The van der Waals surface area contributed by atoms with Crippen molar-refractivity contribution in [2.45, 2.75) is 26.3 Å². The molecule has 0 saturated carbocycles. The minimum absolute atomic E-state index is 1.10. The number of unbranched alkanes of at least 4 members (excludes halogenated alkanes) is 1. The average Bonchev–Trinajstić information content (AvgIpc) is 2.99. The Morgan fingerprint density at radius 3 is 2.62 bits per heavy atom. The first-order valence-corrected chi connectivity index (χ1v) is 7.59. The summed E-state index contributed by atoms with van der Waals surface area (Å²) >= 11 is 0. The molecule has 1 aromatic carbocycles. The van der Waals surface area contributed by atoms with Crippen LogP contribution in [-0.2, 0) is 6.54 Å². The number of aromatic amines is 1. The summed E-state index contributed by atoms with van der Waals surface area (Å²) < 4.78 is 2.24. The molecule has 2 nitrogen and oxygen atoms in total. The molecule has 0 bridgehead atoms. The summed E-state index contributed by atoms with van der Waals surface area (Å²) in [5.74, 6) is 0. The predicted molar refractivity (Wildman–Crippen MR) is 88.8 cm³/mol. The second-order valence-corrected chi connectivity index (χ2v) is 5.38. The Balaban J connectivity index is 1.72. The lowest BCUT2D eigenvalue weighted by molar-refractivity contribution is -0.697. The second-order valence-electron chi connectivity index (χ2n) is 5.38. The van der Waals surface area contributed by atoms with Gasteiger partial charge in [0.25, 0.3) is 0 Å². The number of H-pyrrole nitrogens is 1. The molecule has 2 heterocycles. The van der Waals surface area contributed by atoms with Crippen molar-refractivity contribution in [3.8, 4) is 0 Å². The van der Waals surface area contributed by atoms with Gasteiger partial charge in [-0.2, -0.15) is 0 Å². The van der Waals surface area contributed by atoms with Crippen LogP contribution in [0.2, 0.25) is 0 Å². The van der Waals surface area contributed by atoms with E-state index in [1.165, 1.54) is 34.9 Å². The van der Waals surface area contributed by atoms with Gasteiger partial charge in [-0.05, 0) is 34.7 Å². The zero-order valence-corrected chi connectivity index (χ0v) is 12.4. The van der Waals surface area contributed by atoms with Crippen LogP contribution in [0.4, 0.5) is 0 Å². The number of hydrogen-bond acceptors (Lipinski definition) is 0. The van der Waals surface area contributed by atoms with Crippen molar-refractivity contribution >= 4 is 23.1 Å². The first-order chi connectivity index (χ1) is 10.3. The third kappa shape index (κ3) is 3.40. The molecule has 21 heavy (non-hydrogen) atoms. The van der Waals surface area contributed by atoms with Crippen molar-refractivity contribution < 1.29 is 4.57 Å². The Morgan fingerprint density at radius 2 is 1.81 bits per heavy atom. The lowest BCUT2D eigenvalue weighted by atomic mass is 10.1. The molecule has 0 saturated heterocycles. The standard InChI is InChI=1S/C19H20N2/c1-2-3-12-21-13-9-16(10-14-21)4-5-17-6-7-19-18(15-17)8-11-20-19/h4-11,13-15H,2-3,12H2,1H3/p+1. The van der Waals surface area contributed by atoms with Crippen molar-refractivity contribution in [2.75, 3.05) is 0 Å². The summed E-state index contributed by atoms with van der Waals surface area (Å²) in [7, 11) is 0. The maximum absolute atomic E-state index is 3.22. The van der Waals surface area contributed by atoms with Crippen molar-refractivity contribution in [3.05, 3.63) is 66.1 Å². The molecule has 0 aliphatic heterocycles. The Kier molecular flexibility index (Phi) is 4.15. The molecule has 3 rings (SSSR count). The zero-order chi connectivity index (χ0) is 14.5. The summed E-state index contributed by atoms with van der Waals surface area (Å²) in [6, 6.07) is 12.9. The van der Waals surface area contributed by atoms with Gasteiger partial charge in [0.05, 0.1) is 0 Å². The molecule has 0 amide bonds. The van der Waals surface area contributed by atoms with Crippen LogP contribution < -0.4 is 4.57 Å². The van der Waals surface area contributed by atoms with Crippen LogP contribution in [0.15, 0.2) is 55.0 Å². The van der Waals surface area contributed by atoms with Crippen LogP contribution in [0.25, 0.3) is 23.1 Å². The van der Waals surface area contributed by atoms with Crippen LogP contribution >= 0.6 is 0 Å². The minimum Gasteiger partial charge on any atom is -0.361 e. The molecule has 1 N–H and O–H groups in total. The van der Waals surface area contributed by atoms with Gasteiger partial charge in [0.2, 0.25) is 0 Å². The maximum Gasteiger partial charge on any atom is 0.169 e. The lowest BCUT2D eigenvalue weighted by Gasteiger charge is -1.97. The van der Waals surface area contributed by atoms with E-state index >= 15 is 0 Å². The van der Waals surface area contributed by atoms with Crippen molar-refractivity contribution in [1.29, 1.82) is 0 Å². The van der Waals surface area contributed by atoms with Crippen LogP contribution in [0.3, 0.4) is 0 Å². The molecule has 2 heteroatoms. The Bertz CT molecular complexity index is 736. The minimum atomic E-state index is 1.10. The van der Waals surface area contributed by atoms with Gasteiger partial charge in [-0.25, -0.2) is 4.57 Å². The van der Waals surface area contributed by atoms with E-state index < -0.39 is 0 Å². The topological polar surface area (TPSA) is 19.7 Å². The van der Waals surface area contributed by atoms with Gasteiger partial charge in [-0.15, -0.1) is 0 Å². The fourth-order valence-electron chi connectivity index (χ4n) is 2.44. The number of benzene rings is 1. The largest absolute Gasteiger partial charge is 0.361 e. The van der Waals surface area contributed by atoms with Gasteiger partial charge in [0, 0.05) is 30.3 Å². The molecule has 2 aromatic heterocycles. The fraction of sp³-hybridized carbons (Fsp3) is 0.211. The molecular formula is C19H21N2+. The van der Waals surface area contributed by atoms with Crippen molar-refractivity contribution in [3.63, 3.8) is 0 Å². The van der Waals surface area contributed by atoms with Crippen LogP contribution in [0, 0.1) is 0 Å². The molecule has 106 valence electrons. The van der Waals surface area contributed by atoms with Crippen LogP contribution in [0.5, 0.6) is 0 Å². The number of aromatic nitrogens is 2.